The summed E-state index contributed by atoms with van der Waals surface area (Å²) in [6.45, 7) is 8.02. The van der Waals surface area contributed by atoms with Crippen LogP contribution in [0.25, 0.3) is 0 Å². The first-order chi connectivity index (χ1) is 16.5. The summed E-state index contributed by atoms with van der Waals surface area (Å²) in [6, 6.07) is 6.79. The van der Waals surface area contributed by atoms with Crippen LogP contribution < -0.4 is 0 Å². The van der Waals surface area contributed by atoms with Gasteiger partial charge in [0.15, 0.2) is 0 Å². The summed E-state index contributed by atoms with van der Waals surface area (Å²) in [5, 5.41) is 9.52. The van der Waals surface area contributed by atoms with Crippen molar-refractivity contribution in [1.82, 2.24) is 0 Å². The molecular formula is C31H48O3. The summed E-state index contributed by atoms with van der Waals surface area (Å²) < 4.78 is 5.40. The van der Waals surface area contributed by atoms with Crippen LogP contribution in [0.3, 0.4) is 0 Å². The van der Waals surface area contributed by atoms with E-state index in [-0.39, 0.29) is 18.5 Å². The lowest BCUT2D eigenvalue weighted by Gasteiger charge is -2.31. The van der Waals surface area contributed by atoms with Gasteiger partial charge in [0, 0.05) is 18.1 Å². The first kappa shape index (κ1) is 27.0. The Morgan fingerprint density at radius 3 is 2.41 bits per heavy atom. The van der Waals surface area contributed by atoms with Crippen LogP contribution in [-0.4, -0.2) is 24.3 Å². The number of carbonyl (C=O) groups is 1. The van der Waals surface area contributed by atoms with Crippen LogP contribution >= 0.6 is 0 Å². The van der Waals surface area contributed by atoms with Crippen molar-refractivity contribution in [2.24, 2.45) is 17.8 Å². The lowest BCUT2D eigenvalue weighted by molar-refractivity contribution is -0.139. The quantitative estimate of drug-likeness (QED) is 0.185. The highest BCUT2D eigenvalue weighted by molar-refractivity contribution is 5.86. The Morgan fingerprint density at radius 1 is 1.03 bits per heavy atom. The minimum atomic E-state index is -0.353. The van der Waals surface area contributed by atoms with E-state index in [2.05, 4.69) is 31.7 Å². The summed E-state index contributed by atoms with van der Waals surface area (Å²) in [4.78, 5) is 11.8. The first-order valence-corrected chi connectivity index (χ1v) is 14.0. The zero-order valence-electron chi connectivity index (χ0n) is 21.8. The molecule has 1 aromatic rings. The maximum atomic E-state index is 11.8. The van der Waals surface area contributed by atoms with Crippen LogP contribution in [0, 0.1) is 17.8 Å². The number of rotatable bonds is 13. The van der Waals surface area contributed by atoms with Crippen molar-refractivity contribution in [3.63, 3.8) is 0 Å². The predicted octanol–water partition coefficient (Wildman–Crippen LogP) is 7.54. The highest BCUT2D eigenvalue weighted by Gasteiger charge is 2.24. The Balaban J connectivity index is 1.46. The van der Waals surface area contributed by atoms with Gasteiger partial charge in [-0.1, -0.05) is 89.5 Å². The molecule has 0 heterocycles. The Labute approximate surface area is 208 Å². The molecule has 2 aliphatic rings. The molecule has 1 fully saturated rings. The number of carbonyl (C=O) groups excluding carboxylic acids is 1. The molecule has 0 bridgehead atoms. The average molecular weight is 469 g/mol. The van der Waals surface area contributed by atoms with Crippen molar-refractivity contribution in [1.29, 1.82) is 0 Å². The zero-order valence-corrected chi connectivity index (χ0v) is 21.8. The number of aryl methyl sites for hydroxylation is 1. The maximum Gasteiger partial charge on any atom is 0.333 e. The number of fused-ring (bicyclic) bond motifs is 1. The van der Waals surface area contributed by atoms with E-state index < -0.39 is 0 Å². The van der Waals surface area contributed by atoms with Crippen LogP contribution in [0.4, 0.5) is 0 Å². The predicted molar refractivity (Wildman–Crippen MR) is 141 cm³/mol. The molecule has 3 heteroatoms. The lowest BCUT2D eigenvalue weighted by atomic mass is 9.75. The van der Waals surface area contributed by atoms with E-state index in [0.29, 0.717) is 18.6 Å². The Bertz CT molecular complexity index is 775. The van der Waals surface area contributed by atoms with E-state index in [1.54, 1.807) is 6.92 Å². The van der Waals surface area contributed by atoms with E-state index in [0.717, 1.165) is 24.2 Å². The molecule has 0 amide bonds. The molecule has 34 heavy (non-hydrogen) atoms. The van der Waals surface area contributed by atoms with Gasteiger partial charge in [-0.2, -0.15) is 0 Å². The molecule has 0 aromatic heterocycles. The molecule has 2 aliphatic carbocycles. The van der Waals surface area contributed by atoms with Crippen LogP contribution in [-0.2, 0) is 22.4 Å². The normalized spacial score (nSPS) is 23.2. The monoisotopic (exact) mass is 468 g/mol. The van der Waals surface area contributed by atoms with Crippen molar-refractivity contribution >= 4 is 5.97 Å². The maximum absolute atomic E-state index is 11.8. The fourth-order valence-corrected chi connectivity index (χ4v) is 6.12. The number of hydrogen-bond acceptors (Lipinski definition) is 3. The first-order valence-electron chi connectivity index (χ1n) is 14.0. The highest BCUT2D eigenvalue weighted by Crippen LogP contribution is 2.37. The summed E-state index contributed by atoms with van der Waals surface area (Å²) >= 11 is 0. The second kappa shape index (κ2) is 14.1. The SMILES string of the molecule is C=C(C)C(=O)OCC(CCO)c1ccc2c(c1)CCC(CCC1CCC(CCCCC)CC1)C2. The topological polar surface area (TPSA) is 46.5 Å². The van der Waals surface area contributed by atoms with E-state index in [4.69, 9.17) is 4.74 Å². The minimum absolute atomic E-state index is 0.0356. The van der Waals surface area contributed by atoms with E-state index in [1.165, 1.54) is 93.7 Å². The van der Waals surface area contributed by atoms with Crippen molar-refractivity contribution in [2.45, 2.75) is 110 Å². The number of aliphatic hydroxyl groups is 1. The lowest BCUT2D eigenvalue weighted by Crippen LogP contribution is -2.19. The average Bonchev–Trinajstić information content (AvgIpc) is 2.85. The smallest absolute Gasteiger partial charge is 0.333 e. The van der Waals surface area contributed by atoms with Gasteiger partial charge in [-0.05, 0) is 73.5 Å². The number of unbranched alkanes of at least 4 members (excludes halogenated alkanes) is 2. The summed E-state index contributed by atoms with van der Waals surface area (Å²) in [5.74, 6) is 2.48. The number of esters is 1. The zero-order chi connectivity index (χ0) is 24.3. The molecule has 3 rings (SSSR count). The molecule has 2 atom stereocenters. The third-order valence-electron chi connectivity index (χ3n) is 8.44. The van der Waals surface area contributed by atoms with Crippen molar-refractivity contribution in [3.05, 3.63) is 47.0 Å². The largest absolute Gasteiger partial charge is 0.462 e. The van der Waals surface area contributed by atoms with Crippen LogP contribution in [0.15, 0.2) is 30.4 Å². The summed E-state index contributed by atoms with van der Waals surface area (Å²) in [5.41, 5.74) is 4.55. The molecule has 190 valence electrons. The molecule has 1 N–H and O–H groups in total. The van der Waals surface area contributed by atoms with E-state index >= 15 is 0 Å². The minimum Gasteiger partial charge on any atom is -0.462 e. The molecule has 0 saturated heterocycles. The number of benzene rings is 1. The van der Waals surface area contributed by atoms with E-state index in [9.17, 15) is 9.90 Å². The van der Waals surface area contributed by atoms with Crippen molar-refractivity contribution in [2.75, 3.05) is 13.2 Å². The molecule has 2 unspecified atom stereocenters. The van der Waals surface area contributed by atoms with Gasteiger partial charge in [0.25, 0.3) is 0 Å². The van der Waals surface area contributed by atoms with Crippen molar-refractivity contribution in [3.8, 4) is 0 Å². The van der Waals surface area contributed by atoms with Gasteiger partial charge >= 0.3 is 5.97 Å². The van der Waals surface area contributed by atoms with Gasteiger partial charge in [0.2, 0.25) is 0 Å². The summed E-state index contributed by atoms with van der Waals surface area (Å²) in [7, 11) is 0. The fraction of sp³-hybridized carbons (Fsp3) is 0.710. The number of aliphatic hydroxyl groups excluding tert-OH is 1. The fourth-order valence-electron chi connectivity index (χ4n) is 6.12. The standard InChI is InChI=1S/C31H48O3/c1-4-5-6-7-24-8-10-25(11-9-24)12-13-26-14-15-28-21-29(17-16-27(28)20-26)30(18-19-32)22-34-31(33)23(2)3/h16-17,21,24-26,30,32H,2,4-15,18-20,22H2,1,3H3. The second-order valence-electron chi connectivity index (χ2n) is 11.2. The van der Waals surface area contributed by atoms with Crippen LogP contribution in [0.5, 0.6) is 0 Å². The molecule has 0 radical (unpaired) electrons. The Hall–Kier alpha value is -1.61. The second-order valence-corrected chi connectivity index (χ2v) is 11.2. The van der Waals surface area contributed by atoms with Gasteiger partial charge < -0.3 is 9.84 Å². The van der Waals surface area contributed by atoms with Gasteiger partial charge in [-0.25, -0.2) is 4.79 Å². The van der Waals surface area contributed by atoms with Crippen LogP contribution in [0.1, 0.15) is 114 Å². The molecule has 0 aliphatic heterocycles. The third-order valence-corrected chi connectivity index (χ3v) is 8.44. The Kier molecular flexibility index (Phi) is 11.2. The third kappa shape index (κ3) is 8.26. The van der Waals surface area contributed by atoms with Crippen molar-refractivity contribution < 1.29 is 14.6 Å². The van der Waals surface area contributed by atoms with Gasteiger partial charge in [-0.15, -0.1) is 0 Å². The summed E-state index contributed by atoms with van der Waals surface area (Å²) in [6.07, 6.45) is 18.6. The molecule has 1 aromatic carbocycles. The Morgan fingerprint density at radius 2 is 1.74 bits per heavy atom. The van der Waals surface area contributed by atoms with Gasteiger partial charge in [-0.3, -0.25) is 0 Å². The van der Waals surface area contributed by atoms with E-state index in [1.807, 2.05) is 0 Å². The molecule has 1 saturated carbocycles. The van der Waals surface area contributed by atoms with Gasteiger partial charge in [0.05, 0.1) is 6.61 Å². The molecule has 0 spiro atoms. The molecular weight excluding hydrogens is 420 g/mol. The number of hydrogen-bond donors (Lipinski definition) is 1. The van der Waals surface area contributed by atoms with Crippen LogP contribution in [0.2, 0.25) is 0 Å². The highest BCUT2D eigenvalue weighted by atomic mass is 16.5. The molecule has 3 nitrogen and oxygen atoms in total. The number of ether oxygens (including phenoxy) is 1. The van der Waals surface area contributed by atoms with Gasteiger partial charge in [0.1, 0.15) is 0 Å².